The Morgan fingerprint density at radius 1 is 1.11 bits per heavy atom. The molecule has 1 aliphatic rings. The highest BCUT2D eigenvalue weighted by molar-refractivity contribution is 6.00. The molecule has 194 valence electrons. The van der Waals surface area contributed by atoms with E-state index in [0.29, 0.717) is 24.4 Å². The Morgan fingerprint density at radius 2 is 1.81 bits per heavy atom. The number of pyridine rings is 1. The van der Waals surface area contributed by atoms with Crippen molar-refractivity contribution in [2.75, 3.05) is 0 Å². The summed E-state index contributed by atoms with van der Waals surface area (Å²) in [4.78, 5) is 37.2. The van der Waals surface area contributed by atoms with E-state index in [2.05, 4.69) is 25.6 Å². The van der Waals surface area contributed by atoms with Crippen molar-refractivity contribution in [2.45, 2.75) is 51.1 Å². The number of halogens is 3. The van der Waals surface area contributed by atoms with Crippen LogP contribution in [0.25, 0.3) is 0 Å². The van der Waals surface area contributed by atoms with E-state index in [1.54, 1.807) is 6.92 Å². The number of aromatic nitrogens is 3. The second-order valence-electron chi connectivity index (χ2n) is 8.75. The molecule has 37 heavy (non-hydrogen) atoms. The summed E-state index contributed by atoms with van der Waals surface area (Å²) in [6.07, 6.45) is -0.767. The molecule has 1 aliphatic carbocycles. The lowest BCUT2D eigenvalue weighted by molar-refractivity contribution is -0.138. The third kappa shape index (κ3) is 6.20. The van der Waals surface area contributed by atoms with Crippen LogP contribution in [-0.2, 0) is 17.5 Å². The molecule has 2 aromatic heterocycles. The number of hydrogen-bond donors (Lipinski definition) is 3. The Kier molecular flexibility index (Phi) is 7.12. The maximum absolute atomic E-state index is 13.5. The zero-order valence-electron chi connectivity index (χ0n) is 20.0. The minimum absolute atomic E-state index is 0.0429. The van der Waals surface area contributed by atoms with Gasteiger partial charge in [0.25, 0.3) is 5.91 Å². The van der Waals surface area contributed by atoms with Crippen molar-refractivity contribution in [1.82, 2.24) is 25.6 Å². The number of rotatable bonds is 8. The van der Waals surface area contributed by atoms with Crippen LogP contribution in [0, 0.1) is 6.92 Å². The lowest BCUT2D eigenvalue weighted by Gasteiger charge is -2.17. The number of aliphatic hydroxyl groups is 1. The van der Waals surface area contributed by atoms with Crippen molar-refractivity contribution in [3.63, 3.8) is 0 Å². The first kappa shape index (κ1) is 26.0. The van der Waals surface area contributed by atoms with E-state index in [9.17, 15) is 27.9 Å². The monoisotopic (exact) mass is 515 g/mol. The van der Waals surface area contributed by atoms with Crippen LogP contribution in [0.4, 0.5) is 13.2 Å². The van der Waals surface area contributed by atoms with Crippen LogP contribution in [0.2, 0.25) is 0 Å². The van der Waals surface area contributed by atoms with Gasteiger partial charge in [0, 0.05) is 12.4 Å². The fourth-order valence-corrected chi connectivity index (χ4v) is 3.49. The summed E-state index contributed by atoms with van der Waals surface area (Å²) in [5, 5.41) is 15.0. The summed E-state index contributed by atoms with van der Waals surface area (Å²) in [5.74, 6) is -0.660. The fraction of sp³-hybridized carbons (Fsp3) is 0.320. The third-order valence-electron chi connectivity index (χ3n) is 5.83. The summed E-state index contributed by atoms with van der Waals surface area (Å²) in [6, 6.07) is 6.28. The lowest BCUT2D eigenvalue weighted by atomic mass is 10.1. The number of ether oxygens (including phenoxy) is 1. The van der Waals surface area contributed by atoms with Crippen molar-refractivity contribution in [2.24, 2.45) is 0 Å². The Labute approximate surface area is 210 Å². The van der Waals surface area contributed by atoms with E-state index in [0.717, 1.165) is 12.1 Å². The molecule has 3 aromatic rings. The molecule has 0 aliphatic heterocycles. The SMILES string of the molecule is Cc1ncc(C(=O)NC2(C(=O)NCc3ccc(Oc4ccc(C(C)O)cc4C(F)(F)F)cn3)CC2)cn1. The van der Waals surface area contributed by atoms with Crippen molar-refractivity contribution in [3.05, 3.63) is 77.1 Å². The predicted octanol–water partition coefficient (Wildman–Crippen LogP) is 3.62. The van der Waals surface area contributed by atoms with Crippen LogP contribution in [0.3, 0.4) is 0 Å². The highest BCUT2D eigenvalue weighted by Crippen LogP contribution is 2.39. The van der Waals surface area contributed by atoms with Gasteiger partial charge in [-0.2, -0.15) is 13.2 Å². The van der Waals surface area contributed by atoms with E-state index in [1.807, 2.05) is 0 Å². The Balaban J connectivity index is 1.36. The molecule has 12 heteroatoms. The van der Waals surface area contributed by atoms with Crippen LogP contribution in [0.1, 0.15) is 58.9 Å². The number of nitrogens with one attached hydrogen (secondary N) is 2. The highest BCUT2D eigenvalue weighted by Gasteiger charge is 2.51. The molecule has 0 spiro atoms. The second kappa shape index (κ2) is 10.1. The standard InChI is InChI=1S/C25H24F3N5O4/c1-14(34)16-3-6-21(20(9-16)25(26,27)28)37-19-5-4-18(31-13-19)12-32-23(36)24(7-8-24)33-22(35)17-10-29-15(2)30-11-17/h3-6,9-11,13-14,34H,7-8,12H2,1-2H3,(H,32,36)(H,33,35). The molecule has 1 fully saturated rings. The van der Waals surface area contributed by atoms with Crippen LogP contribution in [0.15, 0.2) is 48.9 Å². The maximum Gasteiger partial charge on any atom is 0.419 e. The summed E-state index contributed by atoms with van der Waals surface area (Å²) in [5.41, 5.74) is -1.24. The average molecular weight is 515 g/mol. The maximum atomic E-state index is 13.5. The van der Waals surface area contributed by atoms with E-state index >= 15 is 0 Å². The first-order valence-corrected chi connectivity index (χ1v) is 11.4. The quantitative estimate of drug-likeness (QED) is 0.418. The van der Waals surface area contributed by atoms with Crippen molar-refractivity contribution in [1.29, 1.82) is 0 Å². The molecule has 0 radical (unpaired) electrons. The van der Waals surface area contributed by atoms with Gasteiger partial charge in [-0.1, -0.05) is 6.07 Å². The molecule has 2 amide bonds. The lowest BCUT2D eigenvalue weighted by Crippen LogP contribution is -2.48. The Bertz CT molecular complexity index is 1290. The van der Waals surface area contributed by atoms with Gasteiger partial charge < -0.3 is 20.5 Å². The van der Waals surface area contributed by atoms with Crippen LogP contribution >= 0.6 is 0 Å². The van der Waals surface area contributed by atoms with E-state index in [1.165, 1.54) is 43.7 Å². The molecule has 9 nitrogen and oxygen atoms in total. The molecule has 4 rings (SSSR count). The summed E-state index contributed by atoms with van der Waals surface area (Å²) >= 11 is 0. The minimum Gasteiger partial charge on any atom is -0.455 e. The van der Waals surface area contributed by atoms with Crippen LogP contribution < -0.4 is 15.4 Å². The van der Waals surface area contributed by atoms with Gasteiger partial charge in [-0.3, -0.25) is 14.6 Å². The number of hydrogen-bond acceptors (Lipinski definition) is 7. The molecule has 2 heterocycles. The number of carbonyl (C=O) groups excluding carboxylic acids is 2. The van der Waals surface area contributed by atoms with Gasteiger partial charge >= 0.3 is 6.18 Å². The number of aryl methyl sites for hydroxylation is 1. The van der Waals surface area contributed by atoms with Gasteiger partial charge in [-0.05, 0) is 56.5 Å². The number of aliphatic hydroxyl groups excluding tert-OH is 1. The van der Waals surface area contributed by atoms with Crippen molar-refractivity contribution >= 4 is 11.8 Å². The smallest absolute Gasteiger partial charge is 0.419 e. The Hall–Kier alpha value is -4.06. The zero-order valence-corrected chi connectivity index (χ0v) is 20.0. The van der Waals surface area contributed by atoms with E-state index < -0.39 is 35.0 Å². The first-order chi connectivity index (χ1) is 17.5. The normalized spacial score (nSPS) is 15.0. The van der Waals surface area contributed by atoms with Gasteiger partial charge in [0.2, 0.25) is 5.91 Å². The van der Waals surface area contributed by atoms with Crippen LogP contribution in [-0.4, -0.2) is 37.4 Å². The number of benzene rings is 1. The molecular weight excluding hydrogens is 491 g/mol. The number of alkyl halides is 3. The molecule has 0 bridgehead atoms. The molecule has 3 N–H and O–H groups in total. The molecule has 1 unspecified atom stereocenters. The van der Waals surface area contributed by atoms with Crippen molar-refractivity contribution < 1.29 is 32.6 Å². The largest absolute Gasteiger partial charge is 0.455 e. The fourth-order valence-electron chi connectivity index (χ4n) is 3.49. The van der Waals surface area contributed by atoms with Gasteiger partial charge in [0.1, 0.15) is 22.9 Å². The van der Waals surface area contributed by atoms with Crippen molar-refractivity contribution in [3.8, 4) is 11.5 Å². The molecule has 1 atom stereocenters. The predicted molar refractivity (Wildman–Crippen MR) is 124 cm³/mol. The van der Waals surface area contributed by atoms with E-state index in [4.69, 9.17) is 4.74 Å². The zero-order chi connectivity index (χ0) is 26.8. The van der Waals surface area contributed by atoms with Gasteiger partial charge in [0.15, 0.2) is 0 Å². The summed E-state index contributed by atoms with van der Waals surface area (Å²) in [6.45, 7) is 3.11. The highest BCUT2D eigenvalue weighted by atomic mass is 19.4. The van der Waals surface area contributed by atoms with Gasteiger partial charge in [0.05, 0.1) is 35.7 Å². The molecule has 0 saturated heterocycles. The summed E-state index contributed by atoms with van der Waals surface area (Å²) < 4.78 is 45.8. The third-order valence-corrected chi connectivity index (χ3v) is 5.83. The minimum atomic E-state index is -4.68. The van der Waals surface area contributed by atoms with Gasteiger partial charge in [-0.25, -0.2) is 9.97 Å². The van der Waals surface area contributed by atoms with E-state index in [-0.39, 0.29) is 29.3 Å². The Morgan fingerprint density at radius 3 is 2.38 bits per heavy atom. The topological polar surface area (TPSA) is 126 Å². The number of carbonyl (C=O) groups is 2. The summed E-state index contributed by atoms with van der Waals surface area (Å²) in [7, 11) is 0. The number of amides is 2. The molecule has 1 saturated carbocycles. The first-order valence-electron chi connectivity index (χ1n) is 11.4. The molecule has 1 aromatic carbocycles. The van der Waals surface area contributed by atoms with Gasteiger partial charge in [-0.15, -0.1) is 0 Å². The second-order valence-corrected chi connectivity index (χ2v) is 8.75. The average Bonchev–Trinajstić information content (AvgIpc) is 3.64. The number of nitrogens with zero attached hydrogens (tertiary/aromatic N) is 3. The molecular formula is C25H24F3N5O4. The van der Waals surface area contributed by atoms with Crippen LogP contribution in [0.5, 0.6) is 11.5 Å².